The van der Waals surface area contributed by atoms with Crippen molar-refractivity contribution in [3.05, 3.63) is 0 Å². The molecule has 0 amide bonds. The van der Waals surface area contributed by atoms with Gasteiger partial charge in [-0.05, 0) is 73.7 Å². The van der Waals surface area contributed by atoms with Crippen molar-refractivity contribution in [3.8, 4) is 0 Å². The van der Waals surface area contributed by atoms with E-state index in [-0.39, 0.29) is 0 Å². The lowest BCUT2D eigenvalue weighted by molar-refractivity contribution is -0.143. The molecule has 116 valence electrons. The van der Waals surface area contributed by atoms with Crippen molar-refractivity contribution >= 4 is 0 Å². The lowest BCUT2D eigenvalue weighted by Crippen LogP contribution is -2.57. The first-order valence-corrected chi connectivity index (χ1v) is 8.88. The van der Waals surface area contributed by atoms with Gasteiger partial charge in [-0.2, -0.15) is 0 Å². The van der Waals surface area contributed by atoms with E-state index >= 15 is 0 Å². The molecule has 2 N–H and O–H groups in total. The van der Waals surface area contributed by atoms with Gasteiger partial charge in [0.1, 0.15) is 0 Å². The summed E-state index contributed by atoms with van der Waals surface area (Å²) in [6, 6.07) is 0. The fourth-order valence-electron chi connectivity index (χ4n) is 6.71. The predicted octanol–water partition coefficient (Wildman–Crippen LogP) is 3.57. The van der Waals surface area contributed by atoms with Crippen LogP contribution in [0.5, 0.6) is 0 Å². The van der Waals surface area contributed by atoms with Crippen molar-refractivity contribution in [2.75, 3.05) is 26.2 Å². The van der Waals surface area contributed by atoms with Crippen molar-refractivity contribution in [1.29, 1.82) is 0 Å². The van der Waals surface area contributed by atoms with Gasteiger partial charge in [-0.3, -0.25) is 0 Å². The molecule has 0 aliphatic heterocycles. The molecule has 2 atom stereocenters. The van der Waals surface area contributed by atoms with Gasteiger partial charge in [-0.25, -0.2) is 0 Å². The third-order valence-electron chi connectivity index (χ3n) is 6.15. The maximum absolute atomic E-state index is 3.77. The summed E-state index contributed by atoms with van der Waals surface area (Å²) >= 11 is 0. The Hall–Kier alpha value is -0.0800. The molecular formula is C18H34N2. The van der Waals surface area contributed by atoms with E-state index in [0.29, 0.717) is 16.2 Å². The molecule has 4 rings (SSSR count). The summed E-state index contributed by atoms with van der Waals surface area (Å²) in [5.41, 5.74) is 1.96. The summed E-state index contributed by atoms with van der Waals surface area (Å²) in [6.45, 7) is 12.1. The summed E-state index contributed by atoms with van der Waals surface area (Å²) in [5.74, 6) is 1.03. The first-order valence-electron chi connectivity index (χ1n) is 8.88. The highest BCUT2D eigenvalue weighted by molar-refractivity contribution is 5.10. The van der Waals surface area contributed by atoms with E-state index in [1.54, 1.807) is 0 Å². The van der Waals surface area contributed by atoms with Crippen LogP contribution in [0.3, 0.4) is 0 Å². The third-order valence-corrected chi connectivity index (χ3v) is 6.15. The lowest BCUT2D eigenvalue weighted by atomic mass is 9.40. The van der Waals surface area contributed by atoms with Crippen molar-refractivity contribution < 1.29 is 0 Å². The Kier molecular flexibility index (Phi) is 3.92. The Bertz CT molecular complexity index is 333. The van der Waals surface area contributed by atoms with Crippen LogP contribution >= 0.6 is 0 Å². The molecule has 0 radical (unpaired) electrons. The Morgan fingerprint density at radius 3 is 2.10 bits per heavy atom. The summed E-state index contributed by atoms with van der Waals surface area (Å²) in [6.07, 6.45) is 10.2. The molecule has 0 spiro atoms. The summed E-state index contributed by atoms with van der Waals surface area (Å²) in [7, 11) is 0. The van der Waals surface area contributed by atoms with Crippen LogP contribution in [-0.4, -0.2) is 26.2 Å². The second-order valence-corrected chi connectivity index (χ2v) is 9.06. The molecule has 4 bridgehead atoms. The standard InChI is InChI=1S/C18H34N2/c1-4-5-19-6-7-20-14-18-10-15-8-16(2,12-18)11-17(3,9-15)13-18/h15,19-20H,4-14H2,1-3H3. The first kappa shape index (κ1) is 14.8. The molecule has 4 aliphatic rings. The van der Waals surface area contributed by atoms with Crippen LogP contribution < -0.4 is 10.6 Å². The molecule has 4 aliphatic carbocycles. The van der Waals surface area contributed by atoms with Gasteiger partial charge in [-0.1, -0.05) is 20.8 Å². The Morgan fingerprint density at radius 2 is 1.50 bits per heavy atom. The van der Waals surface area contributed by atoms with E-state index in [1.165, 1.54) is 51.5 Å². The van der Waals surface area contributed by atoms with E-state index in [2.05, 4.69) is 31.4 Å². The smallest absolute Gasteiger partial charge is 0.00769 e. The van der Waals surface area contributed by atoms with Crippen LogP contribution in [0.2, 0.25) is 0 Å². The van der Waals surface area contributed by atoms with E-state index < -0.39 is 0 Å². The molecule has 0 heterocycles. The molecule has 0 aromatic heterocycles. The Labute approximate surface area is 125 Å². The summed E-state index contributed by atoms with van der Waals surface area (Å²) in [5, 5.41) is 7.27. The molecule has 0 aromatic rings. The average Bonchev–Trinajstić information content (AvgIpc) is 2.29. The normalized spacial score (nSPS) is 46.0. The monoisotopic (exact) mass is 278 g/mol. The van der Waals surface area contributed by atoms with Crippen LogP contribution in [0.4, 0.5) is 0 Å². The van der Waals surface area contributed by atoms with Gasteiger partial charge in [0.05, 0.1) is 0 Å². The summed E-state index contributed by atoms with van der Waals surface area (Å²) in [4.78, 5) is 0. The largest absolute Gasteiger partial charge is 0.315 e. The van der Waals surface area contributed by atoms with Gasteiger partial charge in [0.25, 0.3) is 0 Å². The Morgan fingerprint density at radius 1 is 0.850 bits per heavy atom. The van der Waals surface area contributed by atoms with E-state index in [4.69, 9.17) is 0 Å². The zero-order valence-electron chi connectivity index (χ0n) is 13.9. The minimum Gasteiger partial charge on any atom is -0.315 e. The minimum absolute atomic E-state index is 0.633. The van der Waals surface area contributed by atoms with Crippen LogP contribution in [-0.2, 0) is 0 Å². The highest BCUT2D eigenvalue weighted by Crippen LogP contribution is 2.69. The fraction of sp³-hybridized carbons (Fsp3) is 1.00. The lowest BCUT2D eigenvalue weighted by Gasteiger charge is -2.65. The van der Waals surface area contributed by atoms with Gasteiger partial charge >= 0.3 is 0 Å². The molecular weight excluding hydrogens is 244 g/mol. The molecule has 2 nitrogen and oxygen atoms in total. The van der Waals surface area contributed by atoms with Crippen molar-refractivity contribution in [2.24, 2.45) is 22.2 Å². The van der Waals surface area contributed by atoms with Gasteiger partial charge in [-0.15, -0.1) is 0 Å². The molecule has 20 heavy (non-hydrogen) atoms. The van der Waals surface area contributed by atoms with Gasteiger partial charge in [0, 0.05) is 19.6 Å². The van der Waals surface area contributed by atoms with Crippen molar-refractivity contribution in [2.45, 2.75) is 65.7 Å². The van der Waals surface area contributed by atoms with E-state index in [1.807, 2.05) is 0 Å². The quantitative estimate of drug-likeness (QED) is 0.696. The zero-order chi connectivity index (χ0) is 14.3. The predicted molar refractivity (Wildman–Crippen MR) is 85.9 cm³/mol. The Balaban J connectivity index is 1.53. The van der Waals surface area contributed by atoms with E-state index in [9.17, 15) is 0 Å². The molecule has 2 heteroatoms. The molecule has 4 fully saturated rings. The van der Waals surface area contributed by atoms with Gasteiger partial charge in [0.15, 0.2) is 0 Å². The SMILES string of the molecule is CCCNCCNCC12CC3CC(C)(CC(C)(C3)C1)C2. The van der Waals surface area contributed by atoms with Crippen LogP contribution in [0.15, 0.2) is 0 Å². The minimum atomic E-state index is 0.633. The maximum atomic E-state index is 3.77. The zero-order valence-corrected chi connectivity index (χ0v) is 13.9. The number of hydrogen-bond acceptors (Lipinski definition) is 2. The highest BCUT2D eigenvalue weighted by atomic mass is 14.9. The first-order chi connectivity index (χ1) is 9.47. The molecule has 0 saturated heterocycles. The van der Waals surface area contributed by atoms with Crippen LogP contribution in [0, 0.1) is 22.2 Å². The van der Waals surface area contributed by atoms with Gasteiger partial charge in [0.2, 0.25) is 0 Å². The second kappa shape index (κ2) is 5.28. The van der Waals surface area contributed by atoms with E-state index in [0.717, 1.165) is 25.6 Å². The molecule has 4 saturated carbocycles. The topological polar surface area (TPSA) is 24.1 Å². The van der Waals surface area contributed by atoms with Crippen molar-refractivity contribution in [1.82, 2.24) is 10.6 Å². The molecule has 0 aromatic carbocycles. The fourth-order valence-corrected chi connectivity index (χ4v) is 6.71. The third kappa shape index (κ3) is 2.92. The van der Waals surface area contributed by atoms with Gasteiger partial charge < -0.3 is 10.6 Å². The maximum Gasteiger partial charge on any atom is 0.00769 e. The second-order valence-electron chi connectivity index (χ2n) is 9.06. The highest BCUT2D eigenvalue weighted by Gasteiger charge is 2.59. The summed E-state index contributed by atoms with van der Waals surface area (Å²) < 4.78 is 0. The van der Waals surface area contributed by atoms with Crippen LogP contribution in [0.25, 0.3) is 0 Å². The number of rotatable bonds is 7. The number of nitrogens with one attached hydrogen (secondary N) is 2. The van der Waals surface area contributed by atoms with Crippen molar-refractivity contribution in [3.63, 3.8) is 0 Å². The molecule has 2 unspecified atom stereocenters. The van der Waals surface area contributed by atoms with Crippen LogP contribution in [0.1, 0.15) is 65.7 Å². The average molecular weight is 278 g/mol. The number of hydrogen-bond donors (Lipinski definition) is 2.